The summed E-state index contributed by atoms with van der Waals surface area (Å²) in [6.45, 7) is 0. The van der Waals surface area contributed by atoms with Crippen molar-refractivity contribution in [3.8, 4) is 22.7 Å². The number of hydrogen-bond donors (Lipinski definition) is 0. The van der Waals surface area contributed by atoms with Crippen LogP contribution in [0.1, 0.15) is 20.8 Å². The van der Waals surface area contributed by atoms with E-state index in [4.69, 9.17) is 14.2 Å². The Balaban J connectivity index is 2.13. The SMILES string of the molecule is COC(=O)c1c(-c2cccc3cccc(OC)c23)nn(-c2ccccc2)c1C(=O)OC. The molecule has 0 radical (unpaired) electrons. The van der Waals surface area contributed by atoms with Gasteiger partial charge in [0.2, 0.25) is 0 Å². The third-order valence-electron chi connectivity index (χ3n) is 5.00. The molecule has 1 heterocycles. The van der Waals surface area contributed by atoms with Gasteiger partial charge in [-0.2, -0.15) is 5.10 Å². The van der Waals surface area contributed by atoms with E-state index in [-0.39, 0.29) is 11.3 Å². The van der Waals surface area contributed by atoms with Crippen LogP contribution < -0.4 is 4.74 Å². The van der Waals surface area contributed by atoms with E-state index in [0.717, 1.165) is 10.8 Å². The van der Waals surface area contributed by atoms with Gasteiger partial charge in [0.1, 0.15) is 17.0 Å². The van der Waals surface area contributed by atoms with Crippen LogP contribution in [0, 0.1) is 0 Å². The van der Waals surface area contributed by atoms with E-state index in [1.165, 1.54) is 18.9 Å². The largest absolute Gasteiger partial charge is 0.496 e. The first-order valence-corrected chi connectivity index (χ1v) is 9.51. The van der Waals surface area contributed by atoms with E-state index >= 15 is 0 Å². The molecule has 0 saturated heterocycles. The van der Waals surface area contributed by atoms with E-state index in [0.29, 0.717) is 22.7 Å². The third-order valence-corrected chi connectivity index (χ3v) is 5.00. The van der Waals surface area contributed by atoms with Crippen LogP contribution in [-0.4, -0.2) is 43.0 Å². The zero-order valence-electron chi connectivity index (χ0n) is 17.3. The standard InChI is InChI=1S/C24H20N2O5/c1-29-18-14-8-10-15-9-7-13-17(19(15)18)21-20(23(27)30-2)22(24(28)31-3)26(25-21)16-11-5-4-6-12-16/h4-14H,1-3H3. The number of esters is 2. The molecule has 0 aliphatic carbocycles. The lowest BCUT2D eigenvalue weighted by molar-refractivity contribution is 0.0549. The van der Waals surface area contributed by atoms with Crippen molar-refractivity contribution >= 4 is 22.7 Å². The monoisotopic (exact) mass is 416 g/mol. The number of benzene rings is 3. The first-order valence-electron chi connectivity index (χ1n) is 9.51. The van der Waals surface area contributed by atoms with Crippen molar-refractivity contribution in [3.63, 3.8) is 0 Å². The Labute approximate surface area is 178 Å². The highest BCUT2D eigenvalue weighted by Crippen LogP contribution is 2.38. The molecule has 7 nitrogen and oxygen atoms in total. The number of fused-ring (bicyclic) bond motifs is 1. The number of hydrogen-bond acceptors (Lipinski definition) is 6. The van der Waals surface area contributed by atoms with Gasteiger partial charge in [0.15, 0.2) is 5.69 Å². The van der Waals surface area contributed by atoms with Gasteiger partial charge in [0.25, 0.3) is 0 Å². The lowest BCUT2D eigenvalue weighted by Gasteiger charge is -2.10. The fourth-order valence-electron chi connectivity index (χ4n) is 3.62. The Bertz CT molecular complexity index is 1270. The topological polar surface area (TPSA) is 79.7 Å². The van der Waals surface area contributed by atoms with Crippen molar-refractivity contribution in [2.45, 2.75) is 0 Å². The Morgan fingerprint density at radius 3 is 2.13 bits per heavy atom. The van der Waals surface area contributed by atoms with Gasteiger partial charge in [-0.05, 0) is 23.6 Å². The number of carbonyl (C=O) groups is 2. The van der Waals surface area contributed by atoms with Gasteiger partial charge in [-0.1, -0.05) is 48.5 Å². The highest BCUT2D eigenvalue weighted by atomic mass is 16.5. The second kappa shape index (κ2) is 8.31. The number of carbonyl (C=O) groups excluding carboxylic acids is 2. The number of para-hydroxylation sites is 1. The molecule has 3 aromatic carbocycles. The molecule has 0 spiro atoms. The molecule has 7 heteroatoms. The smallest absolute Gasteiger partial charge is 0.357 e. The zero-order valence-corrected chi connectivity index (χ0v) is 17.3. The molecule has 4 aromatic rings. The van der Waals surface area contributed by atoms with E-state index in [1.54, 1.807) is 19.2 Å². The Morgan fingerprint density at radius 2 is 1.48 bits per heavy atom. The summed E-state index contributed by atoms with van der Waals surface area (Å²) in [6, 6.07) is 20.3. The minimum atomic E-state index is -0.699. The quantitative estimate of drug-likeness (QED) is 0.452. The second-order valence-corrected chi connectivity index (χ2v) is 6.67. The molecule has 0 saturated carbocycles. The van der Waals surface area contributed by atoms with Crippen LogP contribution in [0.15, 0.2) is 66.7 Å². The first kappa shape index (κ1) is 20.2. The Kier molecular flexibility index (Phi) is 5.41. The fourth-order valence-corrected chi connectivity index (χ4v) is 3.62. The molecule has 0 bridgehead atoms. The molecule has 31 heavy (non-hydrogen) atoms. The summed E-state index contributed by atoms with van der Waals surface area (Å²) >= 11 is 0. The molecule has 0 aliphatic heterocycles. The van der Waals surface area contributed by atoms with Gasteiger partial charge in [-0.15, -0.1) is 0 Å². The van der Waals surface area contributed by atoms with Crippen LogP contribution in [-0.2, 0) is 9.47 Å². The van der Waals surface area contributed by atoms with Gasteiger partial charge in [-0.3, -0.25) is 0 Å². The van der Waals surface area contributed by atoms with E-state index in [1.807, 2.05) is 54.6 Å². The highest BCUT2D eigenvalue weighted by molar-refractivity contribution is 6.10. The molecular formula is C24H20N2O5. The molecule has 0 unspecified atom stereocenters. The molecule has 0 N–H and O–H groups in total. The van der Waals surface area contributed by atoms with Crippen molar-refractivity contribution in [1.29, 1.82) is 0 Å². The minimum absolute atomic E-state index is 0.0116. The summed E-state index contributed by atoms with van der Waals surface area (Å²) in [6.07, 6.45) is 0. The van der Waals surface area contributed by atoms with Crippen LogP contribution in [0.4, 0.5) is 0 Å². The predicted octanol–water partition coefficient (Wildman–Crippen LogP) is 4.27. The van der Waals surface area contributed by atoms with E-state index in [2.05, 4.69) is 5.10 Å². The predicted molar refractivity (Wildman–Crippen MR) is 116 cm³/mol. The summed E-state index contributed by atoms with van der Waals surface area (Å²) in [5.41, 5.74) is 1.55. The number of nitrogens with zero attached hydrogens (tertiary/aromatic N) is 2. The molecule has 0 fully saturated rings. The molecule has 156 valence electrons. The Morgan fingerprint density at radius 1 is 0.806 bits per heavy atom. The van der Waals surface area contributed by atoms with Crippen LogP contribution >= 0.6 is 0 Å². The summed E-state index contributed by atoms with van der Waals surface area (Å²) in [4.78, 5) is 25.6. The van der Waals surface area contributed by atoms with Crippen LogP contribution in [0.25, 0.3) is 27.7 Å². The van der Waals surface area contributed by atoms with Gasteiger partial charge in [0, 0.05) is 10.9 Å². The summed E-state index contributed by atoms with van der Waals surface area (Å²) in [5.74, 6) is -0.766. The van der Waals surface area contributed by atoms with Crippen molar-refractivity contribution in [3.05, 3.63) is 78.0 Å². The minimum Gasteiger partial charge on any atom is -0.496 e. The van der Waals surface area contributed by atoms with Gasteiger partial charge >= 0.3 is 11.9 Å². The van der Waals surface area contributed by atoms with Gasteiger partial charge < -0.3 is 14.2 Å². The van der Waals surface area contributed by atoms with Gasteiger partial charge in [-0.25, -0.2) is 14.3 Å². The normalized spacial score (nSPS) is 10.7. The molecule has 1 aromatic heterocycles. The third kappa shape index (κ3) is 3.40. The van der Waals surface area contributed by atoms with E-state index < -0.39 is 11.9 Å². The molecule has 4 rings (SSSR count). The van der Waals surface area contributed by atoms with Crippen molar-refractivity contribution < 1.29 is 23.8 Å². The summed E-state index contributed by atoms with van der Waals surface area (Å²) in [7, 11) is 4.10. The first-order chi connectivity index (χ1) is 15.1. The molecule has 0 amide bonds. The van der Waals surface area contributed by atoms with Crippen molar-refractivity contribution in [2.75, 3.05) is 21.3 Å². The maximum Gasteiger partial charge on any atom is 0.357 e. The zero-order chi connectivity index (χ0) is 22.0. The molecule has 0 aliphatic rings. The lowest BCUT2D eigenvalue weighted by Crippen LogP contribution is -2.15. The number of aromatic nitrogens is 2. The molecular weight excluding hydrogens is 396 g/mol. The van der Waals surface area contributed by atoms with Gasteiger partial charge in [0.05, 0.1) is 27.0 Å². The fraction of sp³-hybridized carbons (Fsp3) is 0.125. The number of rotatable bonds is 5. The van der Waals surface area contributed by atoms with Crippen LogP contribution in [0.2, 0.25) is 0 Å². The highest BCUT2D eigenvalue weighted by Gasteiger charge is 2.32. The molecule has 0 atom stereocenters. The summed E-state index contributed by atoms with van der Waals surface area (Å²) < 4.78 is 17.0. The number of methoxy groups -OCH3 is 3. The summed E-state index contributed by atoms with van der Waals surface area (Å²) in [5, 5.41) is 6.35. The Hall–Kier alpha value is -4.13. The average molecular weight is 416 g/mol. The average Bonchev–Trinajstić information content (AvgIpc) is 3.23. The van der Waals surface area contributed by atoms with E-state index in [9.17, 15) is 9.59 Å². The number of ether oxygens (including phenoxy) is 3. The maximum atomic E-state index is 12.9. The maximum absolute atomic E-state index is 12.9. The second-order valence-electron chi connectivity index (χ2n) is 6.67. The lowest BCUT2D eigenvalue weighted by atomic mass is 9.98. The van der Waals surface area contributed by atoms with Crippen LogP contribution in [0.5, 0.6) is 5.75 Å². The van der Waals surface area contributed by atoms with Crippen molar-refractivity contribution in [2.24, 2.45) is 0 Å². The van der Waals surface area contributed by atoms with Crippen molar-refractivity contribution in [1.82, 2.24) is 9.78 Å². The van der Waals surface area contributed by atoms with Crippen LogP contribution in [0.3, 0.4) is 0 Å².